The van der Waals surface area contributed by atoms with Gasteiger partial charge in [0.2, 0.25) is 0 Å². The molecule has 14 aromatic rings. The van der Waals surface area contributed by atoms with Crippen LogP contribution in [0.1, 0.15) is 30.5 Å². The molecule has 0 radical (unpaired) electrons. The van der Waals surface area contributed by atoms with Crippen molar-refractivity contribution < 1.29 is 0 Å². The second kappa shape index (κ2) is 15.8. The molecule has 10 aromatic carbocycles. The van der Waals surface area contributed by atoms with E-state index in [0.717, 1.165) is 99.2 Å². The Labute approximate surface area is 426 Å². The molecule has 4 aromatic heterocycles. The number of hydrogen-bond donors (Lipinski definition) is 0. The first-order chi connectivity index (χ1) is 36.4. The molecule has 0 bridgehead atoms. The molecular weight excluding hydrogens is 903 g/mol. The molecule has 1 aliphatic carbocycles. The van der Waals surface area contributed by atoms with Crippen LogP contribution in [0, 0.1) is 11.3 Å². The van der Waals surface area contributed by atoms with Gasteiger partial charge < -0.3 is 13.7 Å². The number of nitrogens with zero attached hydrogens (tertiary/aromatic N) is 7. The highest BCUT2D eigenvalue weighted by molar-refractivity contribution is 6.26. The molecule has 0 saturated heterocycles. The highest BCUT2D eigenvalue weighted by Crippen LogP contribution is 2.50. The molecule has 1 aliphatic rings. The second-order valence-electron chi connectivity index (χ2n) is 19.9. The Kier molecular flexibility index (Phi) is 8.93. The van der Waals surface area contributed by atoms with Crippen molar-refractivity contribution in [2.75, 3.05) is 0 Å². The van der Waals surface area contributed by atoms with Gasteiger partial charge in [-0.05, 0) is 107 Å². The minimum atomic E-state index is -0.147. The largest absolute Gasteiger partial charge is 0.309 e. The molecule has 4 heterocycles. The third-order valence-corrected chi connectivity index (χ3v) is 15.5. The molecule has 0 unspecified atom stereocenters. The summed E-state index contributed by atoms with van der Waals surface area (Å²) >= 11 is 0. The van der Waals surface area contributed by atoms with E-state index >= 15 is 0 Å². The molecule has 7 heteroatoms. The molecule has 0 atom stereocenters. The molecule has 0 saturated carbocycles. The smallest absolute Gasteiger partial charge is 0.164 e. The van der Waals surface area contributed by atoms with Crippen LogP contribution in [0.5, 0.6) is 0 Å². The summed E-state index contributed by atoms with van der Waals surface area (Å²) in [6.07, 6.45) is 0. The van der Waals surface area contributed by atoms with Crippen LogP contribution in [0.15, 0.2) is 224 Å². The topological polar surface area (TPSA) is 77.2 Å². The van der Waals surface area contributed by atoms with E-state index in [1.54, 1.807) is 0 Å². The molecule has 7 nitrogen and oxygen atoms in total. The fraction of sp³-hybridized carbons (Fsp3) is 0.0448. The number of benzene rings is 10. The summed E-state index contributed by atoms with van der Waals surface area (Å²) in [5, 5.41) is 18.0. The van der Waals surface area contributed by atoms with Crippen LogP contribution >= 0.6 is 0 Å². The van der Waals surface area contributed by atoms with E-state index in [1.807, 2.05) is 42.5 Å². The number of hydrogen-bond acceptors (Lipinski definition) is 4. The molecule has 346 valence electrons. The molecule has 0 N–H and O–H groups in total. The summed E-state index contributed by atoms with van der Waals surface area (Å²) < 4.78 is 7.02. The predicted octanol–water partition coefficient (Wildman–Crippen LogP) is 16.3. The summed E-state index contributed by atoms with van der Waals surface area (Å²) in [6, 6.07) is 81.7. The van der Waals surface area contributed by atoms with Gasteiger partial charge in [-0.2, -0.15) is 5.26 Å². The molecule has 0 fully saturated rings. The Morgan fingerprint density at radius 3 is 1.66 bits per heavy atom. The zero-order chi connectivity index (χ0) is 49.2. The fourth-order valence-electron chi connectivity index (χ4n) is 12.1. The first-order valence-corrected chi connectivity index (χ1v) is 25.1. The second-order valence-corrected chi connectivity index (χ2v) is 19.9. The van der Waals surface area contributed by atoms with Crippen molar-refractivity contribution in [3.63, 3.8) is 0 Å². The molecule has 0 aliphatic heterocycles. The summed E-state index contributed by atoms with van der Waals surface area (Å²) in [5.74, 6) is 1.59. The monoisotopic (exact) mass is 945 g/mol. The van der Waals surface area contributed by atoms with Crippen molar-refractivity contribution in [1.82, 2.24) is 28.7 Å². The molecule has 74 heavy (non-hydrogen) atoms. The lowest BCUT2D eigenvalue weighted by molar-refractivity contribution is 0.660. The molecular formula is C67H43N7. The Morgan fingerprint density at radius 1 is 0.378 bits per heavy atom. The number of aromatic nitrogens is 6. The SMILES string of the molecule is CC1(C)c2ccccc2-c2ccc(-n3c4ccccc4c4c3ccc3c5ccccc5n(-c5ccc(-c6nc(-c7ccccc7)nc(-c7ccc8c(c7)c7ccccc7n8-c7ccccc7)n6)cc5C#N)c34)cc21. The van der Waals surface area contributed by atoms with Crippen molar-refractivity contribution in [3.8, 4) is 68.4 Å². The van der Waals surface area contributed by atoms with Gasteiger partial charge in [-0.15, -0.1) is 0 Å². The van der Waals surface area contributed by atoms with Crippen molar-refractivity contribution >= 4 is 65.4 Å². The Hall–Kier alpha value is -9.90. The minimum absolute atomic E-state index is 0.147. The van der Waals surface area contributed by atoms with Gasteiger partial charge in [-0.25, -0.2) is 15.0 Å². The number of para-hydroxylation sites is 4. The van der Waals surface area contributed by atoms with E-state index in [2.05, 4.69) is 216 Å². The zero-order valence-corrected chi connectivity index (χ0v) is 40.5. The zero-order valence-electron chi connectivity index (χ0n) is 40.5. The third kappa shape index (κ3) is 6.03. The maximum atomic E-state index is 11.3. The maximum absolute atomic E-state index is 11.3. The fourth-order valence-corrected chi connectivity index (χ4v) is 12.1. The Morgan fingerprint density at radius 2 is 0.919 bits per heavy atom. The lowest BCUT2D eigenvalue weighted by Crippen LogP contribution is -2.15. The lowest BCUT2D eigenvalue weighted by Gasteiger charge is -2.22. The quantitative estimate of drug-likeness (QED) is 0.166. The molecule has 0 spiro atoms. The predicted molar refractivity (Wildman–Crippen MR) is 301 cm³/mol. The average Bonchev–Trinajstić information content (AvgIpc) is 4.16. The summed E-state index contributed by atoms with van der Waals surface area (Å²) in [5.41, 5.74) is 17.6. The van der Waals surface area contributed by atoms with Crippen LogP contribution in [0.2, 0.25) is 0 Å². The van der Waals surface area contributed by atoms with E-state index in [9.17, 15) is 5.26 Å². The van der Waals surface area contributed by atoms with E-state index in [-0.39, 0.29) is 5.41 Å². The summed E-state index contributed by atoms with van der Waals surface area (Å²) in [7, 11) is 0. The van der Waals surface area contributed by atoms with Crippen LogP contribution in [-0.2, 0) is 5.41 Å². The average molecular weight is 946 g/mol. The van der Waals surface area contributed by atoms with E-state index in [4.69, 9.17) is 15.0 Å². The van der Waals surface area contributed by atoms with Crippen LogP contribution in [-0.4, -0.2) is 28.7 Å². The van der Waals surface area contributed by atoms with Gasteiger partial charge in [0.1, 0.15) is 6.07 Å². The first kappa shape index (κ1) is 41.8. The molecule has 0 amide bonds. The van der Waals surface area contributed by atoms with Crippen molar-refractivity contribution in [1.29, 1.82) is 5.26 Å². The number of rotatable bonds is 6. The van der Waals surface area contributed by atoms with Crippen molar-refractivity contribution in [2.24, 2.45) is 0 Å². The highest BCUT2D eigenvalue weighted by Gasteiger charge is 2.35. The van der Waals surface area contributed by atoms with Crippen LogP contribution in [0.25, 0.3) is 128 Å². The first-order valence-electron chi connectivity index (χ1n) is 25.1. The highest BCUT2D eigenvalue weighted by atomic mass is 15.0. The summed E-state index contributed by atoms with van der Waals surface area (Å²) in [4.78, 5) is 15.5. The maximum Gasteiger partial charge on any atom is 0.164 e. The van der Waals surface area contributed by atoms with Gasteiger partial charge in [0.25, 0.3) is 0 Å². The number of fused-ring (bicyclic) bond motifs is 13. The van der Waals surface area contributed by atoms with E-state index in [1.165, 1.54) is 22.3 Å². The van der Waals surface area contributed by atoms with Gasteiger partial charge in [0, 0.05) is 65.8 Å². The van der Waals surface area contributed by atoms with E-state index in [0.29, 0.717) is 23.0 Å². The normalized spacial score (nSPS) is 12.8. The van der Waals surface area contributed by atoms with Crippen molar-refractivity contribution in [2.45, 2.75) is 19.3 Å². The Balaban J connectivity index is 0.917. The number of nitriles is 1. The van der Waals surface area contributed by atoms with Gasteiger partial charge in [-0.3, -0.25) is 0 Å². The van der Waals surface area contributed by atoms with Gasteiger partial charge in [0.15, 0.2) is 17.5 Å². The lowest BCUT2D eigenvalue weighted by atomic mass is 9.82. The Bertz CT molecular complexity index is 4700. The van der Waals surface area contributed by atoms with Crippen molar-refractivity contribution in [3.05, 3.63) is 241 Å². The van der Waals surface area contributed by atoms with Crippen LogP contribution in [0.4, 0.5) is 0 Å². The summed E-state index contributed by atoms with van der Waals surface area (Å²) in [6.45, 7) is 4.67. The van der Waals surface area contributed by atoms with Gasteiger partial charge in [-0.1, -0.05) is 153 Å². The van der Waals surface area contributed by atoms with Gasteiger partial charge in [0.05, 0.1) is 44.4 Å². The third-order valence-electron chi connectivity index (χ3n) is 15.5. The standard InChI is InChI=1S/C67H43N7/c1-67(2)54-25-13-9-21-47(54)48-32-31-46(39-55(48)67)73-59-28-16-12-24-52(59)62-61(73)36-33-51-49-22-10-15-27-58(49)74(63(51)62)56-34-29-42(37-44(56)40-68)65-69-64(41-17-5-3-6-18-41)70-66(71-65)43-30-35-60-53(38-43)50-23-11-14-26-57(50)72(60)45-19-7-4-8-20-45/h3-39H,1-2H3. The van der Waals surface area contributed by atoms with E-state index < -0.39 is 0 Å². The van der Waals surface area contributed by atoms with Crippen LogP contribution < -0.4 is 0 Å². The van der Waals surface area contributed by atoms with Gasteiger partial charge >= 0.3 is 0 Å². The minimum Gasteiger partial charge on any atom is -0.309 e. The van der Waals surface area contributed by atoms with Crippen LogP contribution in [0.3, 0.4) is 0 Å². The molecule has 15 rings (SSSR count).